The summed E-state index contributed by atoms with van der Waals surface area (Å²) in [5.74, 6) is 1.19. The smallest absolute Gasteiger partial charge is 0.270 e. The molecule has 216 valence electrons. The first-order valence-electron chi connectivity index (χ1n) is 14.0. The van der Waals surface area contributed by atoms with E-state index in [4.69, 9.17) is 11.3 Å². The Labute approximate surface area is 252 Å². The molecule has 3 aromatic rings. The lowest BCUT2D eigenvalue weighted by molar-refractivity contribution is 0.119. The lowest BCUT2D eigenvalue weighted by atomic mass is 9.96. The molecule has 0 saturated carbocycles. The predicted molar refractivity (Wildman–Crippen MR) is 167 cm³/mol. The molecule has 1 atom stereocenters. The van der Waals surface area contributed by atoms with Crippen LogP contribution in [-0.2, 0) is 0 Å². The number of ether oxygens (including phenoxy) is 1. The van der Waals surface area contributed by atoms with E-state index in [-0.39, 0.29) is 36.1 Å². The van der Waals surface area contributed by atoms with Gasteiger partial charge in [0.2, 0.25) is 5.88 Å². The number of likely N-dealkylation sites (N-methyl/N-ethyl adjacent to an activating group) is 1. The predicted octanol–water partition coefficient (Wildman–Crippen LogP) is 5.76. The molecule has 0 aromatic heterocycles. The molecule has 2 N–H and O–H groups in total. The quantitative estimate of drug-likeness (QED) is 0.162. The average Bonchev–Trinajstić information content (AvgIpc) is 3.40. The van der Waals surface area contributed by atoms with Crippen LogP contribution in [0.2, 0.25) is 0 Å². The van der Waals surface area contributed by atoms with E-state index < -0.39 is 0 Å². The Kier molecular flexibility index (Phi) is 10.9. The van der Waals surface area contributed by atoms with Crippen molar-refractivity contribution in [1.82, 2.24) is 4.90 Å². The molecular formula is C35H33N5O3. The lowest BCUT2D eigenvalue weighted by Gasteiger charge is -2.27. The molecule has 8 heteroatoms. The molecule has 1 aliphatic rings. The fourth-order valence-electron chi connectivity index (χ4n) is 5.02. The summed E-state index contributed by atoms with van der Waals surface area (Å²) in [5.41, 5.74) is 3.87. The maximum absolute atomic E-state index is 10.1. The third-order valence-electron chi connectivity index (χ3n) is 7.33. The summed E-state index contributed by atoms with van der Waals surface area (Å²) < 4.78 is 6.27. The van der Waals surface area contributed by atoms with E-state index in [1.165, 1.54) is 0 Å². The molecule has 0 aliphatic carbocycles. The SMILES string of the molecule is [C-]#[N+]\C(C#N)=C(/C(C#N)=C/C=C1\Oc2ccc(-c3ccccc3)cc2N1CCCN(C)C(CO)CCO)c1ccccc1. The second-order valence-corrected chi connectivity index (χ2v) is 10.00. The summed E-state index contributed by atoms with van der Waals surface area (Å²) in [6.07, 6.45) is 4.51. The van der Waals surface area contributed by atoms with Crippen LogP contribution >= 0.6 is 0 Å². The van der Waals surface area contributed by atoms with E-state index in [0.717, 1.165) is 23.2 Å². The molecule has 4 rings (SSSR count). The number of nitrogens with zero attached hydrogens (tertiary/aromatic N) is 5. The topological polar surface area (TPSA) is 108 Å². The molecular weight excluding hydrogens is 538 g/mol. The van der Waals surface area contributed by atoms with Crippen LogP contribution in [0.15, 0.2) is 108 Å². The maximum atomic E-state index is 10.1. The van der Waals surface area contributed by atoms with Crippen LogP contribution in [0.3, 0.4) is 0 Å². The zero-order valence-corrected chi connectivity index (χ0v) is 24.0. The average molecular weight is 572 g/mol. The van der Waals surface area contributed by atoms with Crippen molar-refractivity contribution in [1.29, 1.82) is 10.5 Å². The molecule has 0 bridgehead atoms. The second-order valence-electron chi connectivity index (χ2n) is 10.00. The Morgan fingerprint density at radius 1 is 1.02 bits per heavy atom. The van der Waals surface area contributed by atoms with Crippen molar-refractivity contribution in [2.75, 3.05) is 38.3 Å². The number of aliphatic hydroxyl groups is 2. The Balaban J connectivity index is 1.71. The molecule has 3 aromatic carbocycles. The van der Waals surface area contributed by atoms with Crippen LogP contribution in [0.1, 0.15) is 18.4 Å². The van der Waals surface area contributed by atoms with Gasteiger partial charge in [0.05, 0.1) is 36.6 Å². The van der Waals surface area contributed by atoms with Gasteiger partial charge in [-0.2, -0.15) is 5.26 Å². The van der Waals surface area contributed by atoms with Gasteiger partial charge in [-0.1, -0.05) is 66.7 Å². The highest BCUT2D eigenvalue weighted by Gasteiger charge is 2.27. The summed E-state index contributed by atoms with van der Waals surface area (Å²) in [6, 6.07) is 29.0. The molecule has 43 heavy (non-hydrogen) atoms. The highest BCUT2D eigenvalue weighted by Crippen LogP contribution is 2.42. The molecule has 0 fully saturated rings. The van der Waals surface area contributed by atoms with Crippen molar-refractivity contribution < 1.29 is 14.9 Å². The monoisotopic (exact) mass is 571 g/mol. The minimum atomic E-state index is -0.165. The van der Waals surface area contributed by atoms with Crippen LogP contribution in [0.25, 0.3) is 21.5 Å². The van der Waals surface area contributed by atoms with Crippen molar-refractivity contribution in [2.24, 2.45) is 0 Å². The Morgan fingerprint density at radius 2 is 1.74 bits per heavy atom. The standard InChI is InChI=1S/C35H33N5O3/c1-38-31(24-37)35(27-12-7-4-8-13-27)29(23-36)15-17-34-40(20-9-19-39(2)30(25-42)18-21-41)32-22-28(14-16-33(32)43-34)26-10-5-3-6-11-26/h3-8,10-17,22,30,41-42H,9,18-21,25H2,2H3/b29-15+,34-17-,35-31-. The summed E-state index contributed by atoms with van der Waals surface area (Å²) in [5, 5.41) is 38.8. The Hall–Kier alpha value is -5.17. The first-order chi connectivity index (χ1) is 21.0. The molecule has 0 amide bonds. The summed E-state index contributed by atoms with van der Waals surface area (Å²) in [4.78, 5) is 7.47. The highest BCUT2D eigenvalue weighted by molar-refractivity contribution is 5.88. The summed E-state index contributed by atoms with van der Waals surface area (Å²) >= 11 is 0. The molecule has 0 radical (unpaired) electrons. The van der Waals surface area contributed by atoms with Crippen LogP contribution in [-0.4, -0.2) is 54.5 Å². The van der Waals surface area contributed by atoms with Gasteiger partial charge in [-0.05, 0) is 61.3 Å². The minimum absolute atomic E-state index is 0.00600. The first kappa shape index (κ1) is 30.8. The van der Waals surface area contributed by atoms with Crippen molar-refractivity contribution in [3.63, 3.8) is 0 Å². The number of rotatable bonds is 12. The highest BCUT2D eigenvalue weighted by atomic mass is 16.5. The van der Waals surface area contributed by atoms with Gasteiger partial charge >= 0.3 is 0 Å². The van der Waals surface area contributed by atoms with Crippen molar-refractivity contribution >= 4 is 11.3 Å². The van der Waals surface area contributed by atoms with Crippen molar-refractivity contribution in [2.45, 2.75) is 18.9 Å². The molecule has 1 aliphatic heterocycles. The summed E-state index contributed by atoms with van der Waals surface area (Å²) in [6.45, 7) is 8.76. The van der Waals surface area contributed by atoms with E-state index in [0.29, 0.717) is 36.7 Å². The molecule has 8 nitrogen and oxygen atoms in total. The number of anilines is 1. The zero-order chi connectivity index (χ0) is 30.6. The molecule has 1 unspecified atom stereocenters. The third kappa shape index (κ3) is 7.38. The van der Waals surface area contributed by atoms with E-state index in [9.17, 15) is 20.7 Å². The largest absolute Gasteiger partial charge is 0.439 e. The van der Waals surface area contributed by atoms with Gasteiger partial charge in [0.25, 0.3) is 5.70 Å². The van der Waals surface area contributed by atoms with E-state index in [2.05, 4.69) is 17.0 Å². The van der Waals surface area contributed by atoms with E-state index in [1.807, 2.05) is 71.4 Å². The first-order valence-corrected chi connectivity index (χ1v) is 14.0. The third-order valence-corrected chi connectivity index (χ3v) is 7.33. The number of nitriles is 2. The van der Waals surface area contributed by atoms with Gasteiger partial charge in [0, 0.05) is 30.8 Å². The molecule has 0 spiro atoms. The zero-order valence-electron chi connectivity index (χ0n) is 24.0. The number of benzene rings is 3. The molecule has 0 saturated heterocycles. The van der Waals surface area contributed by atoms with Crippen LogP contribution in [0, 0.1) is 29.2 Å². The van der Waals surface area contributed by atoms with Crippen LogP contribution in [0.4, 0.5) is 5.69 Å². The Morgan fingerprint density at radius 3 is 2.37 bits per heavy atom. The second kappa shape index (κ2) is 15.2. The van der Waals surface area contributed by atoms with Gasteiger partial charge in [-0.15, -0.1) is 0 Å². The number of allylic oxidation sites excluding steroid dienone is 5. The van der Waals surface area contributed by atoms with Gasteiger partial charge in [0.1, 0.15) is 0 Å². The summed E-state index contributed by atoms with van der Waals surface area (Å²) in [7, 11) is 1.93. The normalized spacial score (nSPS) is 14.8. The van der Waals surface area contributed by atoms with Gasteiger partial charge in [-0.3, -0.25) is 0 Å². The number of hydrogen-bond donors (Lipinski definition) is 2. The Bertz CT molecular complexity index is 1610. The maximum Gasteiger partial charge on any atom is 0.270 e. The fourth-order valence-corrected chi connectivity index (χ4v) is 5.02. The van der Waals surface area contributed by atoms with Crippen LogP contribution < -0.4 is 9.64 Å². The van der Waals surface area contributed by atoms with Crippen molar-refractivity contribution in [3.05, 3.63) is 125 Å². The minimum Gasteiger partial charge on any atom is -0.439 e. The van der Waals surface area contributed by atoms with Crippen LogP contribution in [0.5, 0.6) is 5.75 Å². The fraction of sp³-hybridized carbons (Fsp3) is 0.229. The van der Waals surface area contributed by atoms with E-state index >= 15 is 0 Å². The number of aliphatic hydroxyl groups excluding tert-OH is 2. The van der Waals surface area contributed by atoms with Gasteiger partial charge in [-0.25, -0.2) is 10.1 Å². The lowest BCUT2D eigenvalue weighted by Crippen LogP contribution is -2.37. The van der Waals surface area contributed by atoms with Gasteiger partial charge in [0.15, 0.2) is 5.75 Å². The van der Waals surface area contributed by atoms with E-state index in [1.54, 1.807) is 36.4 Å². The number of fused-ring (bicyclic) bond motifs is 1. The van der Waals surface area contributed by atoms with Crippen molar-refractivity contribution in [3.8, 4) is 29.0 Å². The number of hydrogen-bond acceptors (Lipinski definition) is 7. The molecule has 1 heterocycles. The van der Waals surface area contributed by atoms with Gasteiger partial charge < -0.3 is 24.7 Å².